The number of benzene rings is 3. The topological polar surface area (TPSA) is 136 Å². The zero-order valence-corrected chi connectivity index (χ0v) is 22.2. The number of amides is 4. The fourth-order valence-electron chi connectivity index (χ4n) is 3.30. The molecule has 4 rings (SSSR count). The van der Waals surface area contributed by atoms with E-state index in [1.165, 1.54) is 48.5 Å². The maximum absolute atomic E-state index is 13.2. The number of nitro benzene ring substituents is 1. The largest absolute Gasteiger partial charge is 0.421 e. The van der Waals surface area contributed by atoms with Gasteiger partial charge in [0, 0.05) is 27.2 Å². The van der Waals surface area contributed by atoms with Crippen LogP contribution in [0.1, 0.15) is 15.9 Å². The van der Waals surface area contributed by atoms with Crippen LogP contribution in [0.3, 0.4) is 0 Å². The second kappa shape index (κ2) is 10.6. The number of rotatable bonds is 5. The van der Waals surface area contributed by atoms with E-state index in [0.29, 0.717) is 14.0 Å². The van der Waals surface area contributed by atoms with Gasteiger partial charge >= 0.3 is 12.0 Å². The van der Waals surface area contributed by atoms with Crippen molar-refractivity contribution in [3.05, 3.63) is 101 Å². The molecule has 0 spiro atoms. The number of non-ortho nitro benzene ring substituents is 1. The van der Waals surface area contributed by atoms with Gasteiger partial charge in [0.05, 0.1) is 20.6 Å². The van der Waals surface area contributed by atoms with E-state index >= 15 is 0 Å². The molecule has 0 saturated carbocycles. The number of hydrogen-bond donors (Lipinski definition) is 1. The maximum atomic E-state index is 13.2. The lowest BCUT2D eigenvalue weighted by Crippen LogP contribution is -2.54. The number of urea groups is 1. The summed E-state index contributed by atoms with van der Waals surface area (Å²) in [5, 5.41) is 13.4. The first kappa shape index (κ1) is 26.2. The number of ether oxygens (including phenoxy) is 1. The van der Waals surface area contributed by atoms with Gasteiger partial charge in [-0.2, -0.15) is 0 Å². The molecule has 4 amide bonds. The van der Waals surface area contributed by atoms with E-state index in [-0.39, 0.29) is 28.3 Å². The summed E-state index contributed by atoms with van der Waals surface area (Å²) in [4.78, 5) is 62.0. The van der Waals surface area contributed by atoms with Gasteiger partial charge in [-0.05, 0) is 70.5 Å². The molecule has 10 nitrogen and oxygen atoms in total. The van der Waals surface area contributed by atoms with E-state index in [1.54, 1.807) is 6.07 Å². The van der Waals surface area contributed by atoms with Gasteiger partial charge in [0.1, 0.15) is 5.57 Å². The minimum absolute atomic E-state index is 0.0324. The highest BCUT2D eigenvalue weighted by Crippen LogP contribution is 2.36. The molecular formula is C24H12Br2ClN3O7. The van der Waals surface area contributed by atoms with Crippen molar-refractivity contribution in [2.75, 3.05) is 4.90 Å². The van der Waals surface area contributed by atoms with Crippen molar-refractivity contribution in [2.24, 2.45) is 0 Å². The van der Waals surface area contributed by atoms with E-state index in [1.807, 2.05) is 0 Å². The molecule has 0 aliphatic carbocycles. The molecule has 13 heteroatoms. The first-order valence-electron chi connectivity index (χ1n) is 10.2. The van der Waals surface area contributed by atoms with Crippen LogP contribution >= 0.6 is 43.5 Å². The van der Waals surface area contributed by atoms with Crippen LogP contribution in [-0.2, 0) is 9.59 Å². The highest BCUT2D eigenvalue weighted by Gasteiger charge is 2.37. The first-order valence-corrected chi connectivity index (χ1v) is 12.1. The normalized spacial score (nSPS) is 14.5. The summed E-state index contributed by atoms with van der Waals surface area (Å²) in [5.41, 5.74) is -0.225. The van der Waals surface area contributed by atoms with E-state index in [0.717, 1.165) is 17.0 Å². The third-order valence-electron chi connectivity index (χ3n) is 5.03. The molecule has 1 N–H and O–H groups in total. The fraction of sp³-hybridized carbons (Fsp3) is 0. The molecule has 3 aromatic carbocycles. The number of carbonyl (C=O) groups excluding carboxylic acids is 4. The highest BCUT2D eigenvalue weighted by atomic mass is 79.9. The number of hydrogen-bond acceptors (Lipinski definition) is 7. The Bertz CT molecular complexity index is 1510. The molecule has 1 heterocycles. The van der Waals surface area contributed by atoms with Gasteiger partial charge in [0.2, 0.25) is 0 Å². The zero-order valence-electron chi connectivity index (χ0n) is 18.2. The molecule has 1 aliphatic heterocycles. The number of esters is 1. The molecule has 1 fully saturated rings. The second-order valence-electron chi connectivity index (χ2n) is 7.43. The number of carbonyl (C=O) groups is 4. The molecule has 0 atom stereocenters. The summed E-state index contributed by atoms with van der Waals surface area (Å²) >= 11 is 12.5. The van der Waals surface area contributed by atoms with Crippen LogP contribution in [0, 0.1) is 10.1 Å². The van der Waals surface area contributed by atoms with Gasteiger partial charge in [0.15, 0.2) is 5.75 Å². The molecule has 3 aromatic rings. The SMILES string of the molecule is O=C1NC(=O)N(c2ccc(Cl)cc2)C(=O)/C1=C\c1cc(Br)cc(Br)c1OC(=O)c1ccc([N+](=O)[O-])cc1. The van der Waals surface area contributed by atoms with E-state index in [4.69, 9.17) is 16.3 Å². The van der Waals surface area contributed by atoms with E-state index in [9.17, 15) is 29.3 Å². The average molecular weight is 650 g/mol. The van der Waals surface area contributed by atoms with Crippen molar-refractivity contribution in [1.29, 1.82) is 0 Å². The molecule has 37 heavy (non-hydrogen) atoms. The number of halogens is 3. The van der Waals surface area contributed by atoms with Crippen molar-refractivity contribution < 1.29 is 28.8 Å². The van der Waals surface area contributed by atoms with Gasteiger partial charge in [-0.1, -0.05) is 27.5 Å². The molecule has 0 bridgehead atoms. The van der Waals surface area contributed by atoms with Crippen LogP contribution in [0.4, 0.5) is 16.2 Å². The third-order valence-corrected chi connectivity index (χ3v) is 6.33. The van der Waals surface area contributed by atoms with Crippen molar-refractivity contribution in [3.8, 4) is 5.75 Å². The quantitative estimate of drug-likeness (QED) is 0.0941. The number of barbiturate groups is 1. The van der Waals surface area contributed by atoms with Crippen LogP contribution in [0.5, 0.6) is 5.75 Å². The van der Waals surface area contributed by atoms with E-state index in [2.05, 4.69) is 37.2 Å². The number of nitrogens with one attached hydrogen (secondary N) is 1. The van der Waals surface area contributed by atoms with Crippen LogP contribution in [0.25, 0.3) is 6.08 Å². The Labute approximate surface area is 230 Å². The fourth-order valence-corrected chi connectivity index (χ4v) is 4.77. The summed E-state index contributed by atoms with van der Waals surface area (Å²) in [5.74, 6) is -2.71. The van der Waals surface area contributed by atoms with Gasteiger partial charge in [0.25, 0.3) is 17.5 Å². The summed E-state index contributed by atoms with van der Waals surface area (Å²) in [6.45, 7) is 0. The molecule has 1 saturated heterocycles. The Morgan fingerprint density at radius 1 is 1.03 bits per heavy atom. The molecule has 1 aliphatic rings. The monoisotopic (exact) mass is 647 g/mol. The van der Waals surface area contributed by atoms with Gasteiger partial charge in [-0.25, -0.2) is 14.5 Å². The molecule has 186 valence electrons. The standard InChI is InChI=1S/C24H12Br2ClN3O7/c25-14-9-13(20(19(26)11-14)37-23(33)12-1-5-17(6-2-12)30(35)36)10-18-21(31)28-24(34)29(22(18)32)16-7-3-15(27)4-8-16/h1-11H,(H,28,31,34)/b18-10-. The lowest BCUT2D eigenvalue weighted by molar-refractivity contribution is -0.384. The first-order chi connectivity index (χ1) is 17.5. The van der Waals surface area contributed by atoms with Crippen LogP contribution in [0.15, 0.2) is 75.2 Å². The van der Waals surface area contributed by atoms with Crippen molar-refractivity contribution in [3.63, 3.8) is 0 Å². The number of anilines is 1. The van der Waals surface area contributed by atoms with E-state index < -0.39 is 34.3 Å². The van der Waals surface area contributed by atoms with Gasteiger partial charge < -0.3 is 4.74 Å². The molecule has 0 aromatic heterocycles. The van der Waals surface area contributed by atoms with Crippen molar-refractivity contribution >= 4 is 84.7 Å². The summed E-state index contributed by atoms with van der Waals surface area (Å²) in [6, 6.07) is 12.8. The Morgan fingerprint density at radius 2 is 1.68 bits per heavy atom. The van der Waals surface area contributed by atoms with Gasteiger partial charge in [-0.15, -0.1) is 0 Å². The molecular weight excluding hydrogens is 638 g/mol. The smallest absolute Gasteiger partial charge is 0.343 e. The average Bonchev–Trinajstić information content (AvgIpc) is 2.84. The van der Waals surface area contributed by atoms with Crippen LogP contribution < -0.4 is 15.0 Å². The third kappa shape index (κ3) is 5.61. The summed E-state index contributed by atoms with van der Waals surface area (Å²) in [6.07, 6.45) is 1.18. The Balaban J connectivity index is 1.72. The Kier molecular flexibility index (Phi) is 7.52. The predicted molar refractivity (Wildman–Crippen MR) is 140 cm³/mol. The Morgan fingerprint density at radius 3 is 2.30 bits per heavy atom. The molecule has 0 unspecified atom stereocenters. The molecule has 0 radical (unpaired) electrons. The zero-order chi connectivity index (χ0) is 26.9. The highest BCUT2D eigenvalue weighted by molar-refractivity contribution is 9.11. The minimum atomic E-state index is -0.941. The minimum Gasteiger partial charge on any atom is -0.421 e. The Hall–Kier alpha value is -3.87. The lowest BCUT2D eigenvalue weighted by Gasteiger charge is -2.26. The number of nitrogens with zero attached hydrogens (tertiary/aromatic N) is 2. The van der Waals surface area contributed by atoms with Crippen molar-refractivity contribution in [2.45, 2.75) is 0 Å². The lowest BCUT2D eigenvalue weighted by atomic mass is 10.1. The van der Waals surface area contributed by atoms with Gasteiger partial charge in [-0.3, -0.25) is 25.0 Å². The summed E-state index contributed by atoms with van der Waals surface area (Å²) in [7, 11) is 0. The number of imide groups is 2. The van der Waals surface area contributed by atoms with Crippen LogP contribution in [-0.4, -0.2) is 28.7 Å². The predicted octanol–water partition coefficient (Wildman–Crippen LogP) is 5.66. The maximum Gasteiger partial charge on any atom is 0.343 e. The second-order valence-corrected chi connectivity index (χ2v) is 9.64. The van der Waals surface area contributed by atoms with Crippen LogP contribution in [0.2, 0.25) is 5.02 Å². The summed E-state index contributed by atoms with van der Waals surface area (Å²) < 4.78 is 6.34. The number of nitro groups is 1. The van der Waals surface area contributed by atoms with Crippen molar-refractivity contribution in [1.82, 2.24) is 5.32 Å².